The zero-order chi connectivity index (χ0) is 19.7. The Bertz CT molecular complexity index is 1190. The molecule has 150 valence electrons. The largest absolute Gasteiger partial charge is 0.309 e. The quantitative estimate of drug-likeness (QED) is 0.349. The molecule has 2 heterocycles. The van der Waals surface area contributed by atoms with Gasteiger partial charge >= 0.3 is 0 Å². The first-order chi connectivity index (χ1) is 14.8. The summed E-state index contributed by atoms with van der Waals surface area (Å²) in [4.78, 5) is 0. The van der Waals surface area contributed by atoms with Crippen LogP contribution in [0.15, 0.2) is 73.1 Å². The van der Waals surface area contributed by atoms with Crippen LogP contribution in [0.1, 0.15) is 44.9 Å². The molecule has 2 aromatic heterocycles. The number of rotatable bonds is 2. The number of hydrogen-bond acceptors (Lipinski definition) is 0. The van der Waals surface area contributed by atoms with Gasteiger partial charge < -0.3 is 4.57 Å². The summed E-state index contributed by atoms with van der Waals surface area (Å²) in [5.74, 6) is 2.97. The molecule has 0 N–H and O–H groups in total. The molecule has 0 aliphatic heterocycles. The van der Waals surface area contributed by atoms with Crippen molar-refractivity contribution in [1.82, 2.24) is 4.57 Å². The van der Waals surface area contributed by atoms with Crippen molar-refractivity contribution in [3.63, 3.8) is 0 Å². The maximum Gasteiger partial charge on any atom is 0.171 e. The summed E-state index contributed by atoms with van der Waals surface area (Å²) < 4.78 is 5.03. The van der Waals surface area contributed by atoms with E-state index in [0.29, 0.717) is 5.54 Å². The van der Waals surface area contributed by atoms with Crippen molar-refractivity contribution in [2.75, 3.05) is 0 Å². The van der Waals surface area contributed by atoms with Crippen molar-refractivity contribution in [3.8, 4) is 5.69 Å². The predicted octanol–water partition coefficient (Wildman–Crippen LogP) is 6.39. The van der Waals surface area contributed by atoms with E-state index in [1.165, 1.54) is 72.4 Å². The summed E-state index contributed by atoms with van der Waals surface area (Å²) in [6.07, 6.45) is 14.9. The van der Waals surface area contributed by atoms with Crippen LogP contribution in [-0.4, -0.2) is 4.57 Å². The van der Waals surface area contributed by atoms with Crippen LogP contribution in [0.3, 0.4) is 0 Å². The van der Waals surface area contributed by atoms with Gasteiger partial charge in [-0.25, -0.2) is 0 Å². The van der Waals surface area contributed by atoms with Gasteiger partial charge in [0, 0.05) is 42.2 Å². The van der Waals surface area contributed by atoms with Crippen LogP contribution in [0.4, 0.5) is 0 Å². The number of pyridine rings is 1. The van der Waals surface area contributed by atoms with E-state index < -0.39 is 0 Å². The van der Waals surface area contributed by atoms with Gasteiger partial charge in [0.15, 0.2) is 17.9 Å². The third-order valence-corrected chi connectivity index (χ3v) is 8.74. The topological polar surface area (TPSA) is 8.81 Å². The minimum absolute atomic E-state index is 0.379. The van der Waals surface area contributed by atoms with Gasteiger partial charge in [-0.3, -0.25) is 0 Å². The number of nitrogens with zero attached hydrogens (tertiary/aromatic N) is 2. The zero-order valence-electron chi connectivity index (χ0n) is 17.5. The van der Waals surface area contributed by atoms with Gasteiger partial charge in [0.05, 0.1) is 16.7 Å². The minimum atomic E-state index is 0.379. The van der Waals surface area contributed by atoms with Crippen molar-refractivity contribution in [2.45, 2.75) is 50.5 Å². The molecular formula is C28H29N2+. The zero-order valence-corrected chi connectivity index (χ0v) is 17.5. The molecule has 0 amide bonds. The molecule has 2 aromatic carbocycles. The molecule has 3 fully saturated rings. The highest BCUT2D eigenvalue weighted by molar-refractivity contribution is 6.09. The molecule has 30 heavy (non-hydrogen) atoms. The second-order valence-electron chi connectivity index (χ2n) is 10.2. The summed E-state index contributed by atoms with van der Waals surface area (Å²) in [5, 5.41) is 2.67. The van der Waals surface area contributed by atoms with Crippen LogP contribution < -0.4 is 4.57 Å². The summed E-state index contributed by atoms with van der Waals surface area (Å²) in [7, 11) is 0. The molecule has 2 nitrogen and oxygen atoms in total. The Balaban J connectivity index is 1.34. The fraction of sp³-hybridized carbons (Fsp3) is 0.393. The fourth-order valence-corrected chi connectivity index (χ4v) is 7.43. The van der Waals surface area contributed by atoms with Crippen LogP contribution in [0, 0.1) is 17.8 Å². The first-order valence-electron chi connectivity index (χ1n) is 11.8. The monoisotopic (exact) mass is 393 g/mol. The van der Waals surface area contributed by atoms with E-state index in [1.807, 2.05) is 0 Å². The van der Waals surface area contributed by atoms with Crippen molar-refractivity contribution in [3.05, 3.63) is 73.1 Å². The molecule has 4 unspecified atom stereocenters. The molecule has 7 rings (SSSR count). The van der Waals surface area contributed by atoms with E-state index in [0.717, 1.165) is 17.8 Å². The predicted molar refractivity (Wildman–Crippen MR) is 122 cm³/mol. The third-order valence-electron chi connectivity index (χ3n) is 8.74. The van der Waals surface area contributed by atoms with Gasteiger partial charge in [0.2, 0.25) is 0 Å². The molecule has 3 aliphatic rings. The van der Waals surface area contributed by atoms with Gasteiger partial charge in [-0.15, -0.1) is 0 Å². The third kappa shape index (κ3) is 2.34. The Hall–Kier alpha value is -2.61. The Morgan fingerprint density at radius 3 is 2.17 bits per heavy atom. The maximum atomic E-state index is 2.60. The van der Waals surface area contributed by atoms with Crippen LogP contribution in [0.25, 0.3) is 27.5 Å². The lowest BCUT2D eigenvalue weighted by atomic mass is 9.54. The van der Waals surface area contributed by atoms with Gasteiger partial charge in [-0.05, 0) is 55.6 Å². The number of fused-ring (bicyclic) bond motifs is 5. The van der Waals surface area contributed by atoms with E-state index in [9.17, 15) is 0 Å². The summed E-state index contributed by atoms with van der Waals surface area (Å²) in [6, 6.07) is 22.3. The van der Waals surface area contributed by atoms with Crippen LogP contribution in [-0.2, 0) is 5.54 Å². The fourth-order valence-electron chi connectivity index (χ4n) is 7.43. The van der Waals surface area contributed by atoms with Crippen LogP contribution in [0.5, 0.6) is 0 Å². The molecular weight excluding hydrogens is 364 g/mol. The smallest absolute Gasteiger partial charge is 0.171 e. The molecule has 4 aromatic rings. The number of benzene rings is 2. The van der Waals surface area contributed by atoms with E-state index in [1.54, 1.807) is 0 Å². The summed E-state index contributed by atoms with van der Waals surface area (Å²) in [5.41, 5.74) is 4.23. The standard InChI is InChI=1S/C28H29N2/c1-3-7-26-24(5-1)25-6-2-4-8-27(25)30(26)23-12-15-29(16-13-23)28-14-11-21-10-9-20(18-28)17-22(21)19-28/h1-8,12-13,15-16,20-22H,9-11,14,17-19H2/q+1. The Labute approximate surface area is 178 Å². The molecule has 3 aliphatic carbocycles. The van der Waals surface area contributed by atoms with Gasteiger partial charge in [-0.1, -0.05) is 36.4 Å². The van der Waals surface area contributed by atoms with Gasteiger partial charge in [-0.2, -0.15) is 4.57 Å². The second-order valence-corrected chi connectivity index (χ2v) is 10.2. The van der Waals surface area contributed by atoms with Gasteiger partial charge in [0.25, 0.3) is 0 Å². The van der Waals surface area contributed by atoms with Crippen molar-refractivity contribution in [2.24, 2.45) is 17.8 Å². The molecule has 0 radical (unpaired) electrons. The Kier molecular flexibility index (Phi) is 3.53. The molecule has 3 bridgehead atoms. The second kappa shape index (κ2) is 6.20. The van der Waals surface area contributed by atoms with E-state index in [-0.39, 0.29) is 0 Å². The molecule has 0 spiro atoms. The maximum absolute atomic E-state index is 2.60. The normalized spacial score (nSPS) is 30.2. The number of aromatic nitrogens is 2. The Morgan fingerprint density at radius 2 is 1.43 bits per heavy atom. The SMILES string of the molecule is c1ccc2c(c1)c1ccccc1n2-c1cc[n+](C23CCC4CCC(CC4C2)C3)cc1. The number of hydrogen-bond donors (Lipinski definition) is 0. The summed E-state index contributed by atoms with van der Waals surface area (Å²) >= 11 is 0. The molecule has 3 saturated carbocycles. The average Bonchev–Trinajstić information content (AvgIpc) is 3.12. The van der Waals surface area contributed by atoms with E-state index >= 15 is 0 Å². The average molecular weight is 394 g/mol. The highest BCUT2D eigenvalue weighted by atomic mass is 15.1. The highest BCUT2D eigenvalue weighted by Gasteiger charge is 2.54. The lowest BCUT2D eigenvalue weighted by Crippen LogP contribution is -2.62. The van der Waals surface area contributed by atoms with Crippen molar-refractivity contribution < 1.29 is 4.57 Å². The highest BCUT2D eigenvalue weighted by Crippen LogP contribution is 2.55. The molecule has 2 heteroatoms. The lowest BCUT2D eigenvalue weighted by molar-refractivity contribution is -0.774. The summed E-state index contributed by atoms with van der Waals surface area (Å²) in [6.45, 7) is 0. The molecule has 4 atom stereocenters. The van der Waals surface area contributed by atoms with Gasteiger partial charge in [0.1, 0.15) is 0 Å². The van der Waals surface area contributed by atoms with Crippen LogP contribution >= 0.6 is 0 Å². The number of para-hydroxylation sites is 2. The van der Waals surface area contributed by atoms with E-state index in [4.69, 9.17) is 0 Å². The molecule has 0 saturated heterocycles. The van der Waals surface area contributed by atoms with Crippen LogP contribution in [0.2, 0.25) is 0 Å². The lowest BCUT2D eigenvalue weighted by Gasteiger charge is -2.51. The van der Waals surface area contributed by atoms with Crippen molar-refractivity contribution in [1.29, 1.82) is 0 Å². The van der Waals surface area contributed by atoms with E-state index in [2.05, 4.69) is 82.2 Å². The minimum Gasteiger partial charge on any atom is -0.309 e. The van der Waals surface area contributed by atoms with Crippen molar-refractivity contribution >= 4 is 21.8 Å². The first kappa shape index (κ1) is 17.1. The first-order valence-corrected chi connectivity index (χ1v) is 11.8. The Morgan fingerprint density at radius 1 is 0.733 bits per heavy atom.